The average Bonchev–Trinajstić information content (AvgIpc) is 2.02. The van der Waals surface area contributed by atoms with Crippen LogP contribution in [0.2, 0.25) is 0 Å². The molecule has 0 bridgehead atoms. The average molecular weight is 180 g/mol. The Hall–Kier alpha value is -1.22. The lowest BCUT2D eigenvalue weighted by atomic mass is 9.94. The number of aromatic hydroxyl groups is 1. The summed E-state index contributed by atoms with van der Waals surface area (Å²) in [7, 11) is 0. The molecule has 3 heteroatoms. The fraction of sp³-hybridized carbons (Fsp3) is 0.400. The van der Waals surface area contributed by atoms with Gasteiger partial charge in [0.1, 0.15) is 11.5 Å². The van der Waals surface area contributed by atoms with Crippen LogP contribution in [0, 0.1) is 0 Å². The lowest BCUT2D eigenvalue weighted by molar-refractivity contribution is -0.0376. The van der Waals surface area contributed by atoms with Gasteiger partial charge in [-0.3, -0.25) is 0 Å². The van der Waals surface area contributed by atoms with Gasteiger partial charge in [0, 0.05) is 12.5 Å². The van der Waals surface area contributed by atoms with Crippen LogP contribution < -0.4 is 4.74 Å². The van der Waals surface area contributed by atoms with Crippen molar-refractivity contribution in [2.45, 2.75) is 25.6 Å². The van der Waals surface area contributed by atoms with Gasteiger partial charge in [0.05, 0.1) is 0 Å². The van der Waals surface area contributed by atoms with Gasteiger partial charge in [-0.05, 0) is 17.5 Å². The Morgan fingerprint density at radius 2 is 2.23 bits per heavy atom. The molecule has 1 aliphatic rings. The minimum Gasteiger partial charge on any atom is -0.508 e. The molecule has 2 atom stereocenters. The second-order valence-electron chi connectivity index (χ2n) is 3.43. The zero-order chi connectivity index (χ0) is 9.42. The molecule has 0 saturated carbocycles. The van der Waals surface area contributed by atoms with Gasteiger partial charge >= 0.3 is 0 Å². The summed E-state index contributed by atoms with van der Waals surface area (Å²) in [5.74, 6) is 1.03. The summed E-state index contributed by atoms with van der Waals surface area (Å²) in [6, 6.07) is 5.01. The summed E-state index contributed by atoms with van der Waals surface area (Å²) < 4.78 is 5.18. The van der Waals surface area contributed by atoms with Gasteiger partial charge in [0.25, 0.3) is 0 Å². The largest absolute Gasteiger partial charge is 0.508 e. The van der Waals surface area contributed by atoms with E-state index >= 15 is 0 Å². The second-order valence-corrected chi connectivity index (χ2v) is 3.43. The van der Waals surface area contributed by atoms with Gasteiger partial charge in [-0.1, -0.05) is 13.0 Å². The monoisotopic (exact) mass is 180 g/mol. The van der Waals surface area contributed by atoms with Crippen LogP contribution in [0.15, 0.2) is 18.2 Å². The van der Waals surface area contributed by atoms with Crippen molar-refractivity contribution in [3.63, 3.8) is 0 Å². The fourth-order valence-electron chi connectivity index (χ4n) is 1.66. The van der Waals surface area contributed by atoms with Crippen molar-refractivity contribution in [2.75, 3.05) is 0 Å². The lowest BCUT2D eigenvalue weighted by Crippen LogP contribution is -2.23. The van der Waals surface area contributed by atoms with Gasteiger partial charge < -0.3 is 14.9 Å². The highest BCUT2D eigenvalue weighted by Gasteiger charge is 2.23. The zero-order valence-electron chi connectivity index (χ0n) is 7.40. The first-order valence-corrected chi connectivity index (χ1v) is 4.34. The number of phenolic OH excluding ortho intramolecular Hbond substituents is 1. The molecule has 0 fully saturated rings. The molecule has 0 aromatic heterocycles. The summed E-state index contributed by atoms with van der Waals surface area (Å²) in [4.78, 5) is 0. The number of hydrogen-bond acceptors (Lipinski definition) is 3. The molecule has 0 radical (unpaired) electrons. The molecule has 0 amide bonds. The highest BCUT2D eigenvalue weighted by Crippen LogP contribution is 2.37. The van der Waals surface area contributed by atoms with E-state index < -0.39 is 6.29 Å². The second kappa shape index (κ2) is 2.92. The Bertz CT molecular complexity index is 322. The third kappa shape index (κ3) is 1.47. The maximum Gasteiger partial charge on any atom is 0.197 e. The van der Waals surface area contributed by atoms with E-state index in [0.717, 1.165) is 5.56 Å². The highest BCUT2D eigenvalue weighted by atomic mass is 16.6. The van der Waals surface area contributed by atoms with Crippen LogP contribution in [-0.4, -0.2) is 16.5 Å². The predicted octanol–water partition coefficient (Wildman–Crippen LogP) is 1.60. The molecule has 1 aromatic carbocycles. The Kier molecular flexibility index (Phi) is 1.88. The smallest absolute Gasteiger partial charge is 0.197 e. The van der Waals surface area contributed by atoms with Crippen LogP contribution in [0.25, 0.3) is 0 Å². The van der Waals surface area contributed by atoms with Crippen molar-refractivity contribution in [1.82, 2.24) is 0 Å². The quantitative estimate of drug-likeness (QED) is 0.637. The first-order valence-electron chi connectivity index (χ1n) is 4.34. The molecule has 3 nitrogen and oxygen atoms in total. The van der Waals surface area contributed by atoms with Crippen molar-refractivity contribution in [1.29, 1.82) is 0 Å². The van der Waals surface area contributed by atoms with Crippen LogP contribution in [0.3, 0.4) is 0 Å². The number of fused-ring (bicyclic) bond motifs is 1. The van der Waals surface area contributed by atoms with E-state index in [1.54, 1.807) is 6.07 Å². The Morgan fingerprint density at radius 3 is 3.00 bits per heavy atom. The van der Waals surface area contributed by atoms with Crippen molar-refractivity contribution in [3.05, 3.63) is 23.8 Å². The number of aliphatic hydroxyl groups is 1. The summed E-state index contributed by atoms with van der Waals surface area (Å²) in [6.07, 6.45) is -0.137. The Labute approximate surface area is 76.6 Å². The zero-order valence-corrected chi connectivity index (χ0v) is 7.40. The molecular formula is C10H12O3. The van der Waals surface area contributed by atoms with Crippen LogP contribution in [0.5, 0.6) is 11.5 Å². The topological polar surface area (TPSA) is 49.7 Å². The first kappa shape index (κ1) is 8.38. The number of benzene rings is 1. The molecule has 1 aromatic rings. The third-order valence-corrected chi connectivity index (χ3v) is 2.35. The number of rotatable bonds is 0. The highest BCUT2D eigenvalue weighted by molar-refractivity contribution is 5.43. The third-order valence-electron chi connectivity index (χ3n) is 2.35. The Morgan fingerprint density at radius 1 is 1.46 bits per heavy atom. The molecule has 0 aliphatic carbocycles. The molecule has 2 unspecified atom stereocenters. The Balaban J connectivity index is 2.43. The molecule has 13 heavy (non-hydrogen) atoms. The fourth-order valence-corrected chi connectivity index (χ4v) is 1.66. The molecule has 0 saturated heterocycles. The van der Waals surface area contributed by atoms with Crippen molar-refractivity contribution < 1.29 is 14.9 Å². The van der Waals surface area contributed by atoms with Crippen LogP contribution >= 0.6 is 0 Å². The molecule has 2 N–H and O–H groups in total. The minimum absolute atomic E-state index is 0.167. The van der Waals surface area contributed by atoms with Crippen molar-refractivity contribution in [2.24, 2.45) is 0 Å². The van der Waals surface area contributed by atoms with Gasteiger partial charge in [0.2, 0.25) is 0 Å². The van der Waals surface area contributed by atoms with E-state index in [0.29, 0.717) is 12.2 Å². The number of hydrogen-bond donors (Lipinski definition) is 2. The van der Waals surface area contributed by atoms with E-state index in [1.807, 2.05) is 13.0 Å². The van der Waals surface area contributed by atoms with E-state index in [9.17, 15) is 10.2 Å². The summed E-state index contributed by atoms with van der Waals surface area (Å²) in [5, 5.41) is 18.5. The predicted molar refractivity (Wildman–Crippen MR) is 47.8 cm³/mol. The number of aliphatic hydroxyl groups excluding tert-OH is 1. The van der Waals surface area contributed by atoms with E-state index in [4.69, 9.17) is 4.74 Å². The van der Waals surface area contributed by atoms with Crippen LogP contribution in [0.1, 0.15) is 24.8 Å². The lowest BCUT2D eigenvalue weighted by Gasteiger charge is -2.26. The van der Waals surface area contributed by atoms with Gasteiger partial charge in [-0.2, -0.15) is 0 Å². The number of phenols is 1. The van der Waals surface area contributed by atoms with E-state index in [-0.39, 0.29) is 11.7 Å². The van der Waals surface area contributed by atoms with Crippen LogP contribution in [-0.2, 0) is 0 Å². The summed E-state index contributed by atoms with van der Waals surface area (Å²) in [6.45, 7) is 2.03. The summed E-state index contributed by atoms with van der Waals surface area (Å²) in [5.41, 5.74) is 1.04. The van der Waals surface area contributed by atoms with Gasteiger partial charge in [-0.15, -0.1) is 0 Å². The number of ether oxygens (including phenoxy) is 1. The SMILES string of the molecule is CC1CC(O)Oc2cc(O)ccc21. The van der Waals surface area contributed by atoms with E-state index in [1.165, 1.54) is 6.07 Å². The van der Waals surface area contributed by atoms with Crippen LogP contribution in [0.4, 0.5) is 0 Å². The normalized spacial score (nSPS) is 26.3. The molecule has 70 valence electrons. The van der Waals surface area contributed by atoms with Gasteiger partial charge in [0.15, 0.2) is 6.29 Å². The molecule has 1 heterocycles. The molecule has 1 aliphatic heterocycles. The van der Waals surface area contributed by atoms with Gasteiger partial charge in [-0.25, -0.2) is 0 Å². The van der Waals surface area contributed by atoms with Crippen molar-refractivity contribution >= 4 is 0 Å². The molecular weight excluding hydrogens is 168 g/mol. The van der Waals surface area contributed by atoms with E-state index in [2.05, 4.69) is 0 Å². The first-order chi connectivity index (χ1) is 6.16. The maximum absolute atomic E-state index is 9.31. The molecule has 0 spiro atoms. The minimum atomic E-state index is -0.746. The molecule has 2 rings (SSSR count). The maximum atomic E-state index is 9.31. The standard InChI is InChI=1S/C10H12O3/c1-6-4-10(12)13-9-5-7(11)2-3-8(6)9/h2-3,5-6,10-12H,4H2,1H3. The summed E-state index contributed by atoms with van der Waals surface area (Å²) >= 11 is 0. The van der Waals surface area contributed by atoms with Crippen molar-refractivity contribution in [3.8, 4) is 11.5 Å².